The third kappa shape index (κ3) is 3.16. The first-order chi connectivity index (χ1) is 7.12. The molecule has 0 aliphatic heterocycles. The lowest BCUT2D eigenvalue weighted by atomic mass is 9.77. The fourth-order valence-electron chi connectivity index (χ4n) is 1.45. The van der Waals surface area contributed by atoms with Gasteiger partial charge in [-0.1, -0.05) is 18.2 Å². The second-order valence-electron chi connectivity index (χ2n) is 3.58. The number of alkyl halides is 6. The highest BCUT2D eigenvalue weighted by Gasteiger charge is 2.55. The number of nitrogens with two attached hydrogens (primary N) is 1. The Kier molecular flexibility index (Phi) is 4.70. The van der Waals surface area contributed by atoms with Gasteiger partial charge in [-0.2, -0.15) is 26.3 Å². The molecule has 1 rings (SSSR count). The van der Waals surface area contributed by atoms with Crippen LogP contribution in [0.5, 0.6) is 0 Å². The lowest BCUT2D eigenvalue weighted by Crippen LogP contribution is -2.45. The van der Waals surface area contributed by atoms with Crippen molar-refractivity contribution in [3.8, 4) is 0 Å². The summed E-state index contributed by atoms with van der Waals surface area (Å²) in [6, 6.07) is 0. The SMILES string of the molecule is Cl.NCC1(C(F)(F)F)C=CC=C(C(F)(F)F)C1. The van der Waals surface area contributed by atoms with Crippen molar-refractivity contribution in [1.29, 1.82) is 0 Å². The Morgan fingerprint density at radius 3 is 2.06 bits per heavy atom. The zero-order valence-corrected chi connectivity index (χ0v) is 9.22. The first-order valence-electron chi connectivity index (χ1n) is 4.35. The number of rotatable bonds is 1. The Morgan fingerprint density at radius 1 is 1.18 bits per heavy atom. The van der Waals surface area contributed by atoms with Crippen molar-refractivity contribution in [2.45, 2.75) is 18.8 Å². The molecule has 1 atom stereocenters. The maximum atomic E-state index is 12.6. The maximum absolute atomic E-state index is 12.6. The van der Waals surface area contributed by atoms with E-state index in [9.17, 15) is 26.3 Å². The van der Waals surface area contributed by atoms with Crippen LogP contribution in [0.2, 0.25) is 0 Å². The fourth-order valence-corrected chi connectivity index (χ4v) is 1.45. The molecule has 0 aromatic heterocycles. The first kappa shape index (κ1) is 16.3. The molecular weight excluding hydrogens is 272 g/mol. The summed E-state index contributed by atoms with van der Waals surface area (Å²) in [6.45, 7) is -0.902. The molecule has 0 fully saturated rings. The quantitative estimate of drug-likeness (QED) is 0.733. The van der Waals surface area contributed by atoms with Gasteiger partial charge in [0, 0.05) is 12.1 Å². The molecule has 0 aromatic rings. The van der Waals surface area contributed by atoms with Gasteiger partial charge >= 0.3 is 12.4 Å². The van der Waals surface area contributed by atoms with Crippen LogP contribution in [0.15, 0.2) is 23.8 Å². The van der Waals surface area contributed by atoms with Crippen molar-refractivity contribution in [1.82, 2.24) is 0 Å². The van der Waals surface area contributed by atoms with E-state index in [0.717, 1.165) is 6.08 Å². The van der Waals surface area contributed by atoms with Crippen LogP contribution >= 0.6 is 12.4 Å². The van der Waals surface area contributed by atoms with E-state index in [2.05, 4.69) is 0 Å². The molecule has 0 bridgehead atoms. The molecule has 100 valence electrons. The van der Waals surface area contributed by atoms with Crippen molar-refractivity contribution in [2.24, 2.45) is 11.1 Å². The second kappa shape index (κ2) is 4.89. The molecule has 0 saturated heterocycles. The Morgan fingerprint density at radius 2 is 1.71 bits per heavy atom. The van der Waals surface area contributed by atoms with E-state index in [1.165, 1.54) is 0 Å². The standard InChI is InChI=1S/C9H9F6N.ClH/c10-8(11,12)6-2-1-3-7(4-6,5-16)9(13,14)15;/h1-3H,4-5,16H2;1H. The molecule has 1 nitrogen and oxygen atoms in total. The summed E-state index contributed by atoms with van der Waals surface area (Å²) in [6.07, 6.45) is -8.62. The fraction of sp³-hybridized carbons (Fsp3) is 0.556. The van der Waals surface area contributed by atoms with Crippen molar-refractivity contribution in [3.05, 3.63) is 23.8 Å². The minimum Gasteiger partial charge on any atom is -0.329 e. The summed E-state index contributed by atoms with van der Waals surface area (Å²) in [5, 5.41) is 0. The molecule has 1 aliphatic rings. The molecule has 0 amide bonds. The topological polar surface area (TPSA) is 26.0 Å². The van der Waals surface area contributed by atoms with E-state index < -0.39 is 36.3 Å². The number of allylic oxidation sites excluding steroid dienone is 3. The van der Waals surface area contributed by atoms with Gasteiger partial charge < -0.3 is 5.73 Å². The van der Waals surface area contributed by atoms with Crippen LogP contribution in [0.1, 0.15) is 6.42 Å². The van der Waals surface area contributed by atoms with Crippen LogP contribution < -0.4 is 5.73 Å². The Balaban J connectivity index is 0.00000256. The van der Waals surface area contributed by atoms with Gasteiger partial charge in [-0.3, -0.25) is 0 Å². The first-order valence-corrected chi connectivity index (χ1v) is 4.35. The van der Waals surface area contributed by atoms with Crippen LogP contribution in [0.4, 0.5) is 26.3 Å². The van der Waals surface area contributed by atoms with E-state index in [-0.39, 0.29) is 12.4 Å². The van der Waals surface area contributed by atoms with Gasteiger partial charge in [-0.05, 0) is 6.42 Å². The molecule has 0 heterocycles. The lowest BCUT2D eigenvalue weighted by molar-refractivity contribution is -0.206. The van der Waals surface area contributed by atoms with Crippen LogP contribution in [0.3, 0.4) is 0 Å². The third-order valence-electron chi connectivity index (χ3n) is 2.51. The smallest absolute Gasteiger partial charge is 0.329 e. The highest BCUT2D eigenvalue weighted by molar-refractivity contribution is 5.85. The summed E-state index contributed by atoms with van der Waals surface area (Å²) >= 11 is 0. The Labute approximate surface area is 99.8 Å². The second-order valence-corrected chi connectivity index (χ2v) is 3.58. The molecule has 0 spiro atoms. The summed E-state index contributed by atoms with van der Waals surface area (Å²) < 4.78 is 74.8. The van der Waals surface area contributed by atoms with Gasteiger partial charge in [-0.15, -0.1) is 12.4 Å². The van der Waals surface area contributed by atoms with E-state index in [0.29, 0.717) is 12.2 Å². The van der Waals surface area contributed by atoms with Crippen molar-refractivity contribution >= 4 is 12.4 Å². The van der Waals surface area contributed by atoms with E-state index in [1.54, 1.807) is 0 Å². The summed E-state index contributed by atoms with van der Waals surface area (Å²) in [4.78, 5) is 0. The molecule has 0 aromatic carbocycles. The molecule has 1 aliphatic carbocycles. The lowest BCUT2D eigenvalue weighted by Gasteiger charge is -2.34. The summed E-state index contributed by atoms with van der Waals surface area (Å²) in [5.41, 5.74) is 1.15. The maximum Gasteiger partial charge on any atom is 0.412 e. The predicted molar refractivity (Wildman–Crippen MR) is 52.7 cm³/mol. The van der Waals surface area contributed by atoms with Gasteiger partial charge in [0.1, 0.15) is 5.41 Å². The average molecular weight is 282 g/mol. The van der Waals surface area contributed by atoms with Crippen LogP contribution in [0, 0.1) is 5.41 Å². The normalized spacial score (nSPS) is 25.2. The zero-order valence-electron chi connectivity index (χ0n) is 8.40. The molecule has 1 unspecified atom stereocenters. The van der Waals surface area contributed by atoms with Crippen LogP contribution in [-0.4, -0.2) is 18.9 Å². The van der Waals surface area contributed by atoms with Gasteiger partial charge in [0.05, 0.1) is 0 Å². The van der Waals surface area contributed by atoms with E-state index in [1.807, 2.05) is 0 Å². The van der Waals surface area contributed by atoms with E-state index >= 15 is 0 Å². The minimum absolute atomic E-state index is 0. The highest BCUT2D eigenvalue weighted by atomic mass is 35.5. The molecular formula is C9H10ClF6N. The largest absolute Gasteiger partial charge is 0.412 e. The summed E-state index contributed by atoms with van der Waals surface area (Å²) in [7, 11) is 0. The molecule has 2 N–H and O–H groups in total. The molecule has 8 heteroatoms. The minimum atomic E-state index is -4.79. The number of halogens is 7. The molecule has 0 radical (unpaired) electrons. The summed E-state index contributed by atoms with van der Waals surface area (Å²) in [5.74, 6) is 0. The number of hydrogen-bond acceptors (Lipinski definition) is 1. The molecule has 17 heavy (non-hydrogen) atoms. The van der Waals surface area contributed by atoms with Gasteiger partial charge in [0.2, 0.25) is 0 Å². The molecule has 0 saturated carbocycles. The van der Waals surface area contributed by atoms with E-state index in [4.69, 9.17) is 5.73 Å². The highest BCUT2D eigenvalue weighted by Crippen LogP contribution is 2.48. The monoisotopic (exact) mass is 281 g/mol. The number of hydrogen-bond donors (Lipinski definition) is 1. The van der Waals surface area contributed by atoms with Crippen molar-refractivity contribution < 1.29 is 26.3 Å². The van der Waals surface area contributed by atoms with Gasteiger partial charge in [0.25, 0.3) is 0 Å². The Bertz CT molecular complexity index is 329. The third-order valence-corrected chi connectivity index (χ3v) is 2.51. The predicted octanol–water partition coefficient (Wildman–Crippen LogP) is 3.36. The van der Waals surface area contributed by atoms with Crippen molar-refractivity contribution in [2.75, 3.05) is 6.54 Å². The van der Waals surface area contributed by atoms with Gasteiger partial charge in [-0.25, -0.2) is 0 Å². The average Bonchev–Trinajstić information content (AvgIpc) is 2.15. The zero-order chi connectivity index (χ0) is 12.6. The van der Waals surface area contributed by atoms with Crippen LogP contribution in [0.25, 0.3) is 0 Å². The van der Waals surface area contributed by atoms with Gasteiger partial charge in [0.15, 0.2) is 0 Å². The Hall–Kier alpha value is -0.690. The van der Waals surface area contributed by atoms with Crippen molar-refractivity contribution in [3.63, 3.8) is 0 Å². The van der Waals surface area contributed by atoms with Crippen LogP contribution in [-0.2, 0) is 0 Å².